The molecule has 0 bridgehead atoms. The standard InChI is InChI=1S/C19H16N4O4/c1-27-18(25)14-7-9-15(10-8-14)21-17(24)12-23-19(26)22-16(11-20-23)13-5-3-2-4-6-13/h2-11H,12H2,1H3,(H,21,24). The molecule has 1 N–H and O–H groups in total. The molecule has 0 aliphatic carbocycles. The molecule has 8 heteroatoms. The first kappa shape index (κ1) is 18.0. The third-order valence-electron chi connectivity index (χ3n) is 3.71. The monoisotopic (exact) mass is 364 g/mol. The number of carbonyl (C=O) groups is 2. The van der Waals surface area contributed by atoms with E-state index in [0.29, 0.717) is 16.9 Å². The van der Waals surface area contributed by atoms with Crippen molar-refractivity contribution in [1.29, 1.82) is 0 Å². The van der Waals surface area contributed by atoms with Gasteiger partial charge in [-0.05, 0) is 24.3 Å². The van der Waals surface area contributed by atoms with Crippen LogP contribution in [0.25, 0.3) is 11.3 Å². The normalized spacial score (nSPS) is 10.3. The van der Waals surface area contributed by atoms with Gasteiger partial charge in [0.1, 0.15) is 6.54 Å². The van der Waals surface area contributed by atoms with Crippen LogP contribution < -0.4 is 11.0 Å². The predicted molar refractivity (Wildman–Crippen MR) is 98.1 cm³/mol. The summed E-state index contributed by atoms with van der Waals surface area (Å²) in [5.74, 6) is -0.905. The number of aromatic nitrogens is 3. The fourth-order valence-corrected chi connectivity index (χ4v) is 2.36. The van der Waals surface area contributed by atoms with E-state index in [1.165, 1.54) is 25.4 Å². The first-order chi connectivity index (χ1) is 13.1. The average molecular weight is 364 g/mol. The highest BCUT2D eigenvalue weighted by Gasteiger charge is 2.10. The summed E-state index contributed by atoms with van der Waals surface area (Å²) in [6, 6.07) is 15.4. The third-order valence-corrected chi connectivity index (χ3v) is 3.71. The lowest BCUT2D eigenvalue weighted by Crippen LogP contribution is -2.31. The molecule has 0 aliphatic heterocycles. The molecule has 8 nitrogen and oxygen atoms in total. The molecular weight excluding hydrogens is 348 g/mol. The molecule has 0 fully saturated rings. The highest BCUT2D eigenvalue weighted by molar-refractivity contribution is 5.92. The Morgan fingerprint density at radius 2 is 1.78 bits per heavy atom. The summed E-state index contributed by atoms with van der Waals surface area (Å²) in [5.41, 5.74) is 1.44. The molecule has 1 aromatic heterocycles. The fourth-order valence-electron chi connectivity index (χ4n) is 2.36. The van der Waals surface area contributed by atoms with E-state index in [-0.39, 0.29) is 6.54 Å². The highest BCUT2D eigenvalue weighted by atomic mass is 16.5. The summed E-state index contributed by atoms with van der Waals surface area (Å²) in [7, 11) is 1.29. The molecule has 0 radical (unpaired) electrons. The summed E-state index contributed by atoms with van der Waals surface area (Å²) in [6.07, 6.45) is 1.44. The first-order valence-electron chi connectivity index (χ1n) is 8.04. The molecule has 2 aromatic carbocycles. The van der Waals surface area contributed by atoms with E-state index in [0.717, 1.165) is 10.2 Å². The Labute approximate surface area is 154 Å². The summed E-state index contributed by atoms with van der Waals surface area (Å²) < 4.78 is 5.59. The van der Waals surface area contributed by atoms with Crippen molar-refractivity contribution < 1.29 is 14.3 Å². The number of nitrogens with one attached hydrogen (secondary N) is 1. The zero-order valence-electron chi connectivity index (χ0n) is 14.5. The van der Waals surface area contributed by atoms with Crippen molar-refractivity contribution >= 4 is 17.6 Å². The van der Waals surface area contributed by atoms with Gasteiger partial charge < -0.3 is 10.1 Å². The Balaban J connectivity index is 1.67. The second-order valence-corrected chi connectivity index (χ2v) is 5.56. The van der Waals surface area contributed by atoms with Crippen molar-refractivity contribution in [2.45, 2.75) is 6.54 Å². The minimum atomic E-state index is -0.618. The van der Waals surface area contributed by atoms with Crippen molar-refractivity contribution in [3.63, 3.8) is 0 Å². The molecule has 3 aromatic rings. The molecule has 136 valence electrons. The van der Waals surface area contributed by atoms with E-state index >= 15 is 0 Å². The smallest absolute Gasteiger partial charge is 0.365 e. The number of amides is 1. The molecule has 1 amide bonds. The zero-order chi connectivity index (χ0) is 19.2. The van der Waals surface area contributed by atoms with Gasteiger partial charge in [-0.2, -0.15) is 10.1 Å². The van der Waals surface area contributed by atoms with Gasteiger partial charge in [-0.3, -0.25) is 4.79 Å². The van der Waals surface area contributed by atoms with Gasteiger partial charge in [-0.15, -0.1) is 0 Å². The summed E-state index contributed by atoms with van der Waals surface area (Å²) in [6.45, 7) is -0.278. The lowest BCUT2D eigenvalue weighted by molar-refractivity contribution is -0.117. The number of carbonyl (C=O) groups excluding carboxylic acids is 2. The Kier molecular flexibility index (Phi) is 5.36. The number of hydrogen-bond donors (Lipinski definition) is 1. The molecular formula is C19H16N4O4. The van der Waals surface area contributed by atoms with Crippen molar-refractivity contribution in [2.75, 3.05) is 12.4 Å². The maximum Gasteiger partial charge on any atom is 0.365 e. The highest BCUT2D eigenvalue weighted by Crippen LogP contribution is 2.13. The van der Waals surface area contributed by atoms with Crippen LogP contribution in [0, 0.1) is 0 Å². The van der Waals surface area contributed by atoms with E-state index in [9.17, 15) is 14.4 Å². The molecule has 0 atom stereocenters. The molecule has 27 heavy (non-hydrogen) atoms. The summed E-state index contributed by atoms with van der Waals surface area (Å²) >= 11 is 0. The lowest BCUT2D eigenvalue weighted by Gasteiger charge is -2.07. The Bertz CT molecular complexity index is 1010. The van der Waals surface area contributed by atoms with Crippen LogP contribution in [0.3, 0.4) is 0 Å². The largest absolute Gasteiger partial charge is 0.465 e. The number of rotatable bonds is 5. The molecule has 3 rings (SSSR count). The number of nitrogens with zero attached hydrogens (tertiary/aromatic N) is 3. The van der Waals surface area contributed by atoms with Crippen LogP contribution in [0.2, 0.25) is 0 Å². The van der Waals surface area contributed by atoms with Gasteiger partial charge in [0.05, 0.1) is 24.6 Å². The van der Waals surface area contributed by atoms with Crippen LogP contribution >= 0.6 is 0 Å². The Morgan fingerprint density at radius 3 is 2.41 bits per heavy atom. The number of hydrogen-bond acceptors (Lipinski definition) is 6. The summed E-state index contributed by atoms with van der Waals surface area (Å²) in [4.78, 5) is 39.6. The van der Waals surface area contributed by atoms with E-state index in [1.54, 1.807) is 12.1 Å². The molecule has 0 saturated carbocycles. The van der Waals surface area contributed by atoms with Crippen LogP contribution in [0.1, 0.15) is 10.4 Å². The minimum absolute atomic E-state index is 0.278. The maximum absolute atomic E-state index is 12.1. The molecule has 0 saturated heterocycles. The van der Waals surface area contributed by atoms with E-state index in [1.807, 2.05) is 30.3 Å². The zero-order valence-corrected chi connectivity index (χ0v) is 14.5. The number of ether oxygens (including phenoxy) is 1. The minimum Gasteiger partial charge on any atom is -0.465 e. The fraction of sp³-hybridized carbons (Fsp3) is 0.105. The van der Waals surface area contributed by atoms with Gasteiger partial charge in [0, 0.05) is 11.3 Å². The van der Waals surface area contributed by atoms with Crippen molar-refractivity contribution in [1.82, 2.24) is 14.8 Å². The van der Waals surface area contributed by atoms with Crippen LogP contribution in [0.5, 0.6) is 0 Å². The quantitative estimate of drug-likeness (QED) is 0.692. The first-order valence-corrected chi connectivity index (χ1v) is 8.04. The Morgan fingerprint density at radius 1 is 1.07 bits per heavy atom. The molecule has 0 unspecified atom stereocenters. The van der Waals surface area contributed by atoms with Crippen LogP contribution in [-0.2, 0) is 16.1 Å². The van der Waals surface area contributed by atoms with Gasteiger partial charge in [0.15, 0.2) is 0 Å². The topological polar surface area (TPSA) is 103 Å². The lowest BCUT2D eigenvalue weighted by atomic mass is 10.2. The second-order valence-electron chi connectivity index (χ2n) is 5.56. The molecule has 0 aliphatic rings. The molecule has 0 spiro atoms. The number of methoxy groups -OCH3 is 1. The number of esters is 1. The van der Waals surface area contributed by atoms with Gasteiger partial charge >= 0.3 is 11.7 Å². The van der Waals surface area contributed by atoms with Crippen LogP contribution in [-0.4, -0.2) is 33.8 Å². The van der Waals surface area contributed by atoms with Crippen molar-refractivity contribution in [3.8, 4) is 11.3 Å². The maximum atomic E-state index is 12.1. The van der Waals surface area contributed by atoms with Crippen LogP contribution in [0.4, 0.5) is 5.69 Å². The predicted octanol–water partition coefficient (Wildman–Crippen LogP) is 1.73. The van der Waals surface area contributed by atoms with Crippen molar-refractivity contribution in [3.05, 3.63) is 76.8 Å². The summed E-state index contributed by atoms with van der Waals surface area (Å²) in [5, 5.41) is 6.63. The SMILES string of the molecule is COC(=O)c1ccc(NC(=O)Cn2ncc(-c3ccccc3)nc2=O)cc1. The molecule has 1 heterocycles. The van der Waals surface area contributed by atoms with Gasteiger partial charge in [-0.25, -0.2) is 14.3 Å². The van der Waals surface area contributed by atoms with Gasteiger partial charge in [-0.1, -0.05) is 30.3 Å². The second kappa shape index (κ2) is 8.05. The number of benzene rings is 2. The van der Waals surface area contributed by atoms with E-state index in [2.05, 4.69) is 20.1 Å². The van der Waals surface area contributed by atoms with Crippen molar-refractivity contribution in [2.24, 2.45) is 0 Å². The average Bonchev–Trinajstić information content (AvgIpc) is 2.70. The van der Waals surface area contributed by atoms with E-state index in [4.69, 9.17) is 0 Å². The van der Waals surface area contributed by atoms with Gasteiger partial charge in [0.2, 0.25) is 5.91 Å². The Hall–Kier alpha value is -3.81. The van der Waals surface area contributed by atoms with Crippen LogP contribution in [0.15, 0.2) is 65.6 Å². The van der Waals surface area contributed by atoms with E-state index < -0.39 is 17.6 Å². The number of anilines is 1. The van der Waals surface area contributed by atoms with Gasteiger partial charge in [0.25, 0.3) is 0 Å². The third kappa shape index (κ3) is 4.43.